The van der Waals surface area contributed by atoms with Crippen molar-refractivity contribution < 1.29 is 33.1 Å². The topological polar surface area (TPSA) is 99.3 Å². The number of hydrogen-bond donors (Lipinski definition) is 1. The first-order valence-corrected chi connectivity index (χ1v) is 12.5. The number of nitrogens with one attached hydrogen (secondary N) is 1. The van der Waals surface area contributed by atoms with Crippen LogP contribution in [-0.2, 0) is 18.6 Å². The van der Waals surface area contributed by atoms with E-state index in [4.69, 9.17) is 21.7 Å². The molecule has 1 saturated heterocycles. The number of alkyl halides is 3. The van der Waals surface area contributed by atoms with Crippen molar-refractivity contribution in [2.24, 2.45) is 0 Å². The molecule has 1 aliphatic rings. The Morgan fingerprint density at radius 2 is 2.03 bits per heavy atom. The van der Waals surface area contributed by atoms with Crippen LogP contribution in [-0.4, -0.2) is 69.8 Å². The molecule has 14 heteroatoms. The lowest BCUT2D eigenvalue weighted by Crippen LogP contribution is -2.52. The molecule has 1 amide bonds. The first-order valence-electron chi connectivity index (χ1n) is 12.0. The van der Waals surface area contributed by atoms with Gasteiger partial charge in [-0.15, -0.1) is 0 Å². The Balaban J connectivity index is 2.56. The van der Waals surface area contributed by atoms with Crippen molar-refractivity contribution >= 4 is 14.4 Å². The van der Waals surface area contributed by atoms with Crippen LogP contribution in [0.2, 0.25) is 0 Å². The van der Waals surface area contributed by atoms with Crippen LogP contribution in [0.1, 0.15) is 53.5 Å². The van der Waals surface area contributed by atoms with E-state index < -0.39 is 57.7 Å². The lowest BCUT2D eigenvalue weighted by molar-refractivity contribution is -0.175. The molecule has 0 radical (unpaired) electrons. The minimum Gasteiger partial charge on any atom is -0.350 e. The van der Waals surface area contributed by atoms with Gasteiger partial charge in [-0.25, -0.2) is 16.0 Å². The van der Waals surface area contributed by atoms with Crippen LogP contribution in [0.4, 0.5) is 13.2 Å². The molecule has 1 aromatic rings. The van der Waals surface area contributed by atoms with E-state index in [1.807, 2.05) is 37.7 Å². The van der Waals surface area contributed by atoms with Crippen molar-refractivity contribution in [1.29, 1.82) is 0 Å². The number of carbonyl (C=O) groups is 1. The number of halogens is 3. The van der Waals surface area contributed by atoms with Gasteiger partial charge in [-0.1, -0.05) is 0 Å². The Labute approximate surface area is 211 Å². The van der Waals surface area contributed by atoms with E-state index in [0.29, 0.717) is 11.3 Å². The van der Waals surface area contributed by atoms with Gasteiger partial charge in [-0.3, -0.25) is 9.36 Å². The summed E-state index contributed by atoms with van der Waals surface area (Å²) < 4.78 is 68.6. The highest BCUT2D eigenvalue weighted by molar-refractivity contribution is 7.44. The van der Waals surface area contributed by atoms with Crippen molar-refractivity contribution in [2.45, 2.75) is 91.2 Å². The summed E-state index contributed by atoms with van der Waals surface area (Å²) in [5.74, 6) is -2.24. The molecule has 3 unspecified atom stereocenters. The zero-order valence-corrected chi connectivity index (χ0v) is 22.0. The van der Waals surface area contributed by atoms with Crippen LogP contribution in [0.25, 0.3) is 4.85 Å². The maximum Gasteiger partial charge on any atom is 0.471 e. The SMILES string of the molecule is [2H]C[C@H]1O[C@@H](n2cc(C)c(C)nc2=O)C(NC(=O)C(F)(F)F)C1OP(OCC[N+]#[C-])N(C(C)C)C(C)C. The minimum atomic E-state index is -5.21. The first kappa shape index (κ1) is 28.5. The number of amides is 1. The van der Waals surface area contributed by atoms with Crippen LogP contribution >= 0.6 is 8.53 Å². The minimum absolute atomic E-state index is 0.00774. The number of carbonyl (C=O) groups excluding carboxylic acids is 1. The predicted molar refractivity (Wildman–Crippen MR) is 127 cm³/mol. The molecule has 2 rings (SSSR count). The third-order valence-corrected chi connectivity index (χ3v) is 7.55. The highest BCUT2D eigenvalue weighted by Crippen LogP contribution is 2.49. The number of rotatable bonds is 10. The Morgan fingerprint density at radius 1 is 1.39 bits per heavy atom. The van der Waals surface area contributed by atoms with Gasteiger partial charge in [0, 0.05) is 25.3 Å². The van der Waals surface area contributed by atoms with Crippen LogP contribution in [0.5, 0.6) is 0 Å². The van der Waals surface area contributed by atoms with Crippen molar-refractivity contribution in [3.63, 3.8) is 0 Å². The van der Waals surface area contributed by atoms with Crippen molar-refractivity contribution in [2.75, 3.05) is 13.2 Å². The van der Waals surface area contributed by atoms with Crippen LogP contribution in [0, 0.1) is 20.4 Å². The number of hydrogen-bond acceptors (Lipinski definition) is 7. The molecule has 0 aliphatic carbocycles. The van der Waals surface area contributed by atoms with Gasteiger partial charge in [0.1, 0.15) is 18.8 Å². The zero-order valence-electron chi connectivity index (χ0n) is 22.1. The maximum atomic E-state index is 13.3. The Morgan fingerprint density at radius 3 is 2.56 bits per heavy atom. The third kappa shape index (κ3) is 7.23. The molecule has 202 valence electrons. The number of ether oxygens (including phenoxy) is 1. The molecule has 1 fully saturated rings. The third-order valence-electron chi connectivity index (χ3n) is 5.42. The number of aryl methyl sites for hydroxylation is 2. The summed E-state index contributed by atoms with van der Waals surface area (Å²) in [5, 5.41) is 1.92. The fourth-order valence-electron chi connectivity index (χ4n) is 3.72. The molecule has 0 saturated carbocycles. The molecule has 36 heavy (non-hydrogen) atoms. The molecule has 0 bridgehead atoms. The summed E-state index contributed by atoms with van der Waals surface area (Å²) >= 11 is 0. The molecular weight excluding hydrogens is 502 g/mol. The fraction of sp³-hybridized carbons (Fsp3) is 0.727. The second-order valence-corrected chi connectivity index (χ2v) is 10.3. The van der Waals surface area contributed by atoms with Crippen molar-refractivity contribution in [1.82, 2.24) is 19.5 Å². The molecule has 0 aromatic carbocycles. The highest BCUT2D eigenvalue weighted by Gasteiger charge is 2.51. The smallest absolute Gasteiger partial charge is 0.350 e. The van der Waals surface area contributed by atoms with Gasteiger partial charge in [-0.2, -0.15) is 18.2 Å². The Kier molecular flexibility index (Phi) is 9.83. The van der Waals surface area contributed by atoms with Crippen LogP contribution in [0.15, 0.2) is 11.0 Å². The summed E-state index contributed by atoms with van der Waals surface area (Å²) in [4.78, 5) is 31.9. The lowest BCUT2D eigenvalue weighted by atomic mass is 10.1. The van der Waals surface area contributed by atoms with Gasteiger partial charge in [0.25, 0.3) is 8.53 Å². The van der Waals surface area contributed by atoms with Crippen molar-refractivity contribution in [3.8, 4) is 0 Å². The highest BCUT2D eigenvalue weighted by atomic mass is 31.2. The number of aromatic nitrogens is 2. The molecular formula is C22H33F3N5O5P. The average molecular weight is 537 g/mol. The summed E-state index contributed by atoms with van der Waals surface area (Å²) in [7, 11) is -1.95. The Bertz CT molecular complexity index is 1030. The standard InChI is InChI=1S/C22H33F3N5O5P/c1-12(2)30(13(3)4)36(33-10-9-26-8)35-18-16(7)34-19(17(18)28-20(31)22(23,24)25)29-11-14(5)15(6)27-21(29)32/h11-13,16-19H,9-10H2,1-7H3,(H,28,31)/t16-,17?,18?,19-,36?/m1/s1/i7D. The fourth-order valence-corrected chi connectivity index (χ4v) is 5.49. The van der Waals surface area contributed by atoms with Gasteiger partial charge in [0.2, 0.25) is 6.54 Å². The van der Waals surface area contributed by atoms with Gasteiger partial charge in [0.05, 0.1) is 6.10 Å². The summed E-state index contributed by atoms with van der Waals surface area (Å²) in [5.41, 5.74) is 0.220. The molecule has 0 spiro atoms. The Hall–Kier alpha value is -2.10. The largest absolute Gasteiger partial charge is 0.471 e. The number of nitrogens with zero attached hydrogens (tertiary/aromatic N) is 4. The molecule has 10 nitrogen and oxygen atoms in total. The van der Waals surface area contributed by atoms with Gasteiger partial charge < -0.3 is 23.9 Å². The second kappa shape index (κ2) is 12.4. The van der Waals surface area contributed by atoms with E-state index in [-0.39, 0.29) is 25.2 Å². The van der Waals surface area contributed by atoms with Gasteiger partial charge in [-0.05, 0) is 54.0 Å². The predicted octanol–water partition coefficient (Wildman–Crippen LogP) is 3.49. The van der Waals surface area contributed by atoms with Crippen molar-refractivity contribution in [3.05, 3.63) is 39.4 Å². The van der Waals surface area contributed by atoms with E-state index in [1.165, 1.54) is 6.20 Å². The van der Waals surface area contributed by atoms with E-state index in [0.717, 1.165) is 4.57 Å². The molecule has 1 aliphatic heterocycles. The van der Waals surface area contributed by atoms with Gasteiger partial charge >= 0.3 is 17.8 Å². The monoisotopic (exact) mass is 536 g/mol. The van der Waals surface area contributed by atoms with E-state index in [1.54, 1.807) is 13.8 Å². The molecule has 5 atom stereocenters. The second-order valence-electron chi connectivity index (χ2n) is 8.85. The quantitative estimate of drug-likeness (QED) is 0.278. The summed E-state index contributed by atoms with van der Waals surface area (Å²) in [6.45, 7) is 17.4. The average Bonchev–Trinajstić information content (AvgIpc) is 3.12. The first-order chi connectivity index (χ1) is 17.2. The molecule has 2 heterocycles. The van der Waals surface area contributed by atoms with Gasteiger partial charge in [0.15, 0.2) is 6.23 Å². The van der Waals surface area contributed by atoms with E-state index in [2.05, 4.69) is 9.83 Å². The van der Waals surface area contributed by atoms with Crippen LogP contribution in [0.3, 0.4) is 0 Å². The summed E-state index contributed by atoms with van der Waals surface area (Å²) in [6, 6.07) is -1.72. The maximum absolute atomic E-state index is 13.3. The zero-order chi connectivity index (χ0) is 28.1. The normalized spacial score (nSPS) is 23.7. The van der Waals surface area contributed by atoms with E-state index in [9.17, 15) is 22.8 Å². The summed E-state index contributed by atoms with van der Waals surface area (Å²) in [6.07, 6.45) is -7.62. The molecule has 1 N–H and O–H groups in total. The van der Waals surface area contributed by atoms with Crippen LogP contribution < -0.4 is 11.0 Å². The molecule has 1 aromatic heterocycles. The van der Waals surface area contributed by atoms with E-state index >= 15 is 0 Å². The lowest BCUT2D eigenvalue weighted by Gasteiger charge is -2.38.